The maximum absolute atomic E-state index is 5.79. The van der Waals surface area contributed by atoms with Gasteiger partial charge in [-0.2, -0.15) is 0 Å². The molecule has 78 valence electrons. The normalized spacial score (nSPS) is 12.3. The van der Waals surface area contributed by atoms with Gasteiger partial charge in [-0.1, -0.05) is 6.07 Å². The van der Waals surface area contributed by atoms with E-state index in [1.54, 1.807) is 14.2 Å². The first-order chi connectivity index (χ1) is 6.72. The van der Waals surface area contributed by atoms with Crippen LogP contribution in [0.3, 0.4) is 0 Å². The van der Waals surface area contributed by atoms with Gasteiger partial charge in [-0.3, -0.25) is 0 Å². The molecule has 1 aromatic rings. The van der Waals surface area contributed by atoms with E-state index in [0.29, 0.717) is 18.0 Å². The predicted octanol–water partition coefficient (Wildman–Crippen LogP) is 0.662. The van der Waals surface area contributed by atoms with Gasteiger partial charge in [0.15, 0.2) is 11.5 Å². The maximum atomic E-state index is 5.79. The van der Waals surface area contributed by atoms with Crippen molar-refractivity contribution in [3.63, 3.8) is 0 Å². The van der Waals surface area contributed by atoms with Gasteiger partial charge in [-0.05, 0) is 17.7 Å². The Morgan fingerprint density at radius 1 is 1.21 bits per heavy atom. The van der Waals surface area contributed by atoms with Crippen LogP contribution in [-0.4, -0.2) is 20.8 Å². The second-order valence-corrected chi connectivity index (χ2v) is 2.96. The zero-order chi connectivity index (χ0) is 10.6. The molecule has 0 radical (unpaired) electrons. The number of ether oxygens (including phenoxy) is 2. The number of nitrogens with two attached hydrogens (primary N) is 2. The van der Waals surface area contributed by atoms with E-state index in [-0.39, 0.29) is 6.04 Å². The van der Waals surface area contributed by atoms with Crippen LogP contribution in [0.1, 0.15) is 11.6 Å². The van der Waals surface area contributed by atoms with Crippen LogP contribution in [0.4, 0.5) is 0 Å². The molecule has 0 saturated heterocycles. The third-order valence-electron chi connectivity index (χ3n) is 2.09. The highest BCUT2D eigenvalue weighted by molar-refractivity contribution is 5.43. The van der Waals surface area contributed by atoms with E-state index in [9.17, 15) is 0 Å². The maximum Gasteiger partial charge on any atom is 0.161 e. The number of hydrogen-bond acceptors (Lipinski definition) is 4. The van der Waals surface area contributed by atoms with Crippen molar-refractivity contribution in [2.75, 3.05) is 20.8 Å². The van der Waals surface area contributed by atoms with Crippen molar-refractivity contribution in [1.29, 1.82) is 0 Å². The van der Waals surface area contributed by atoms with Gasteiger partial charge in [0.05, 0.1) is 14.2 Å². The van der Waals surface area contributed by atoms with Crippen LogP contribution in [0, 0.1) is 0 Å². The lowest BCUT2D eigenvalue weighted by molar-refractivity contribution is 0.354. The Bertz CT molecular complexity index is 302. The molecule has 0 aliphatic carbocycles. The summed E-state index contributed by atoms with van der Waals surface area (Å²) in [6.07, 6.45) is 0. The van der Waals surface area contributed by atoms with Crippen molar-refractivity contribution < 1.29 is 9.47 Å². The summed E-state index contributed by atoms with van der Waals surface area (Å²) in [5.41, 5.74) is 12.2. The van der Waals surface area contributed by atoms with Crippen molar-refractivity contribution in [1.82, 2.24) is 0 Å². The van der Waals surface area contributed by atoms with Gasteiger partial charge in [0.2, 0.25) is 0 Å². The highest BCUT2D eigenvalue weighted by atomic mass is 16.5. The summed E-state index contributed by atoms with van der Waals surface area (Å²) < 4.78 is 10.3. The van der Waals surface area contributed by atoms with Gasteiger partial charge < -0.3 is 20.9 Å². The standard InChI is InChI=1S/C10H16N2O2/c1-13-9-4-3-7(8(12)6-11)5-10(9)14-2/h3-5,8H,6,11-12H2,1-2H3/t8-/m0/s1. The van der Waals surface area contributed by atoms with Crippen molar-refractivity contribution in [2.24, 2.45) is 11.5 Å². The summed E-state index contributed by atoms with van der Waals surface area (Å²) in [5, 5.41) is 0. The molecule has 0 aliphatic heterocycles. The molecule has 4 N–H and O–H groups in total. The molecule has 0 fully saturated rings. The average molecular weight is 196 g/mol. The topological polar surface area (TPSA) is 70.5 Å². The summed E-state index contributed by atoms with van der Waals surface area (Å²) in [6, 6.07) is 5.40. The molecule has 0 bridgehead atoms. The molecule has 0 heterocycles. The molecule has 0 unspecified atom stereocenters. The van der Waals surface area contributed by atoms with Gasteiger partial charge in [0.25, 0.3) is 0 Å². The first-order valence-electron chi connectivity index (χ1n) is 4.40. The second kappa shape index (κ2) is 4.83. The van der Waals surface area contributed by atoms with Crippen LogP contribution in [0.25, 0.3) is 0 Å². The van der Waals surface area contributed by atoms with Gasteiger partial charge >= 0.3 is 0 Å². The van der Waals surface area contributed by atoms with Crippen LogP contribution in [0.15, 0.2) is 18.2 Å². The molecule has 1 atom stereocenters. The zero-order valence-corrected chi connectivity index (χ0v) is 8.49. The minimum absolute atomic E-state index is 0.158. The SMILES string of the molecule is COc1ccc([C@@H](N)CN)cc1OC. The van der Waals surface area contributed by atoms with Crippen molar-refractivity contribution in [2.45, 2.75) is 6.04 Å². The lowest BCUT2D eigenvalue weighted by Gasteiger charge is -2.13. The van der Waals surface area contributed by atoms with Crippen molar-refractivity contribution in [3.8, 4) is 11.5 Å². The van der Waals surface area contributed by atoms with E-state index >= 15 is 0 Å². The summed E-state index contributed by atoms with van der Waals surface area (Å²) >= 11 is 0. The van der Waals surface area contributed by atoms with E-state index in [2.05, 4.69) is 0 Å². The Hall–Kier alpha value is -1.26. The lowest BCUT2D eigenvalue weighted by atomic mass is 10.1. The summed E-state index contributed by atoms with van der Waals surface area (Å²) in [4.78, 5) is 0. The fourth-order valence-corrected chi connectivity index (χ4v) is 1.22. The Kier molecular flexibility index (Phi) is 3.73. The molecule has 0 spiro atoms. The minimum Gasteiger partial charge on any atom is -0.493 e. The summed E-state index contributed by atoms with van der Waals surface area (Å²) in [6.45, 7) is 0.412. The molecule has 4 heteroatoms. The molecule has 0 amide bonds. The van der Waals surface area contributed by atoms with Gasteiger partial charge in [-0.15, -0.1) is 0 Å². The number of hydrogen-bond donors (Lipinski definition) is 2. The second-order valence-electron chi connectivity index (χ2n) is 2.96. The van der Waals surface area contributed by atoms with E-state index < -0.39 is 0 Å². The fraction of sp³-hybridized carbons (Fsp3) is 0.400. The van der Waals surface area contributed by atoms with Gasteiger partial charge in [0, 0.05) is 12.6 Å². The Labute approximate surface area is 83.8 Å². The average Bonchev–Trinajstić information content (AvgIpc) is 2.26. The first-order valence-corrected chi connectivity index (χ1v) is 4.40. The Morgan fingerprint density at radius 2 is 1.86 bits per heavy atom. The van der Waals surface area contributed by atoms with Crippen LogP contribution in [-0.2, 0) is 0 Å². The van der Waals surface area contributed by atoms with Crippen LogP contribution in [0.2, 0.25) is 0 Å². The van der Waals surface area contributed by atoms with E-state index in [4.69, 9.17) is 20.9 Å². The zero-order valence-electron chi connectivity index (χ0n) is 8.49. The van der Waals surface area contributed by atoms with E-state index in [0.717, 1.165) is 5.56 Å². The van der Waals surface area contributed by atoms with E-state index in [1.165, 1.54) is 0 Å². The van der Waals surface area contributed by atoms with Gasteiger partial charge in [-0.25, -0.2) is 0 Å². The predicted molar refractivity (Wildman–Crippen MR) is 55.5 cm³/mol. The smallest absolute Gasteiger partial charge is 0.161 e. The van der Waals surface area contributed by atoms with Crippen molar-refractivity contribution in [3.05, 3.63) is 23.8 Å². The molecule has 0 saturated carbocycles. The lowest BCUT2D eigenvalue weighted by Crippen LogP contribution is -2.20. The summed E-state index contributed by atoms with van der Waals surface area (Å²) in [5.74, 6) is 1.37. The van der Waals surface area contributed by atoms with Crippen LogP contribution >= 0.6 is 0 Å². The van der Waals surface area contributed by atoms with Crippen LogP contribution < -0.4 is 20.9 Å². The van der Waals surface area contributed by atoms with Gasteiger partial charge in [0.1, 0.15) is 0 Å². The molecule has 1 rings (SSSR count). The van der Waals surface area contributed by atoms with Crippen molar-refractivity contribution >= 4 is 0 Å². The quantitative estimate of drug-likeness (QED) is 0.742. The third-order valence-corrected chi connectivity index (χ3v) is 2.09. The van der Waals surface area contributed by atoms with E-state index in [1.807, 2.05) is 18.2 Å². The fourth-order valence-electron chi connectivity index (χ4n) is 1.22. The number of methoxy groups -OCH3 is 2. The summed E-state index contributed by atoms with van der Waals surface area (Å²) in [7, 11) is 3.19. The Morgan fingerprint density at radius 3 is 2.36 bits per heavy atom. The highest BCUT2D eigenvalue weighted by Crippen LogP contribution is 2.29. The third kappa shape index (κ3) is 2.16. The monoisotopic (exact) mass is 196 g/mol. The highest BCUT2D eigenvalue weighted by Gasteiger charge is 2.08. The molecule has 0 aromatic heterocycles. The first kappa shape index (κ1) is 10.8. The Balaban J connectivity index is 3.01. The molecular formula is C10H16N2O2. The molecule has 0 aliphatic rings. The molecule has 4 nitrogen and oxygen atoms in total. The largest absolute Gasteiger partial charge is 0.493 e. The number of benzene rings is 1. The minimum atomic E-state index is -0.158. The molecule has 14 heavy (non-hydrogen) atoms. The number of rotatable bonds is 4. The van der Waals surface area contributed by atoms with Crippen LogP contribution in [0.5, 0.6) is 11.5 Å². The molecular weight excluding hydrogens is 180 g/mol. The molecule has 1 aromatic carbocycles.